The Morgan fingerprint density at radius 2 is 2.50 bits per heavy atom. The Hall–Kier alpha value is 0.310. The maximum atomic E-state index is 4.40. The normalized spacial score (nSPS) is 38.2. The molecule has 0 saturated carbocycles. The monoisotopic (exact) mass is 131 g/mol. The van der Waals surface area contributed by atoms with Crippen molar-refractivity contribution in [3.8, 4) is 0 Å². The molecule has 0 amide bonds. The molecule has 1 aliphatic heterocycles. The molecular formula is C6H13NS. The van der Waals surface area contributed by atoms with Gasteiger partial charge < -0.3 is 5.32 Å². The average Bonchev–Trinajstić information content (AvgIpc) is 2.14. The molecule has 2 heteroatoms. The minimum Gasteiger partial charge on any atom is -0.313 e. The van der Waals surface area contributed by atoms with Crippen molar-refractivity contribution in [2.45, 2.75) is 31.1 Å². The first-order chi connectivity index (χ1) is 3.84. The van der Waals surface area contributed by atoms with Gasteiger partial charge in [-0.15, -0.1) is 0 Å². The summed E-state index contributed by atoms with van der Waals surface area (Å²) < 4.78 is 0. The molecule has 0 spiro atoms. The molecular weight excluding hydrogens is 118 g/mol. The van der Waals surface area contributed by atoms with Crippen molar-refractivity contribution < 1.29 is 0 Å². The van der Waals surface area contributed by atoms with Crippen LogP contribution in [0, 0.1) is 0 Å². The van der Waals surface area contributed by atoms with Gasteiger partial charge in [-0.1, -0.05) is 6.92 Å². The molecule has 1 heterocycles. The van der Waals surface area contributed by atoms with Crippen LogP contribution in [0.25, 0.3) is 0 Å². The Morgan fingerprint density at radius 1 is 1.75 bits per heavy atom. The lowest BCUT2D eigenvalue weighted by Crippen LogP contribution is -2.25. The van der Waals surface area contributed by atoms with Crippen LogP contribution in [0.15, 0.2) is 0 Å². The van der Waals surface area contributed by atoms with E-state index >= 15 is 0 Å². The van der Waals surface area contributed by atoms with Gasteiger partial charge in [-0.25, -0.2) is 0 Å². The van der Waals surface area contributed by atoms with Crippen LogP contribution in [0.5, 0.6) is 0 Å². The molecule has 1 N–H and O–H groups in total. The summed E-state index contributed by atoms with van der Waals surface area (Å²) >= 11 is 4.40. The Balaban J connectivity index is 2.30. The van der Waals surface area contributed by atoms with E-state index in [0.29, 0.717) is 11.3 Å². The molecule has 1 nitrogen and oxygen atoms in total. The zero-order chi connectivity index (χ0) is 5.98. The van der Waals surface area contributed by atoms with Crippen molar-refractivity contribution in [1.29, 1.82) is 0 Å². The number of thiol groups is 1. The summed E-state index contributed by atoms with van der Waals surface area (Å²) in [4.78, 5) is 0. The van der Waals surface area contributed by atoms with Gasteiger partial charge in [-0.2, -0.15) is 12.6 Å². The fourth-order valence-corrected chi connectivity index (χ4v) is 1.62. The molecule has 1 fully saturated rings. The lowest BCUT2D eigenvalue weighted by molar-refractivity contribution is 0.598. The van der Waals surface area contributed by atoms with Crippen molar-refractivity contribution in [2.24, 2.45) is 0 Å². The molecule has 8 heavy (non-hydrogen) atoms. The quantitative estimate of drug-likeness (QED) is 0.507. The standard InChI is InChI=1S/C6H13NS/c1-2-5-6(8)3-4-7-5/h5-8H,2-4H2,1H3. The third-order valence-corrected chi connectivity index (χ3v) is 2.37. The van der Waals surface area contributed by atoms with Crippen LogP contribution >= 0.6 is 12.6 Å². The van der Waals surface area contributed by atoms with Gasteiger partial charge in [0, 0.05) is 11.3 Å². The van der Waals surface area contributed by atoms with E-state index in [-0.39, 0.29) is 0 Å². The third-order valence-electron chi connectivity index (χ3n) is 1.75. The SMILES string of the molecule is CCC1NCCC1S. The first-order valence-electron chi connectivity index (χ1n) is 3.26. The predicted molar refractivity (Wildman–Crippen MR) is 39.5 cm³/mol. The van der Waals surface area contributed by atoms with Crippen LogP contribution in [-0.2, 0) is 0 Å². The lowest BCUT2D eigenvalue weighted by atomic mass is 10.2. The molecule has 1 aliphatic rings. The minimum atomic E-state index is 0.611. The zero-order valence-corrected chi connectivity index (χ0v) is 6.12. The maximum Gasteiger partial charge on any atom is 0.0182 e. The Morgan fingerprint density at radius 3 is 2.75 bits per heavy atom. The van der Waals surface area contributed by atoms with Crippen LogP contribution in [0.2, 0.25) is 0 Å². The highest BCUT2D eigenvalue weighted by molar-refractivity contribution is 7.81. The summed E-state index contributed by atoms with van der Waals surface area (Å²) in [5.74, 6) is 0. The van der Waals surface area contributed by atoms with Gasteiger partial charge >= 0.3 is 0 Å². The molecule has 1 rings (SSSR count). The fraction of sp³-hybridized carbons (Fsp3) is 1.00. The molecule has 0 radical (unpaired) electrons. The van der Waals surface area contributed by atoms with Gasteiger partial charge in [0.1, 0.15) is 0 Å². The summed E-state index contributed by atoms with van der Waals surface area (Å²) in [7, 11) is 0. The molecule has 0 aromatic rings. The van der Waals surface area contributed by atoms with E-state index in [2.05, 4.69) is 24.9 Å². The Kier molecular flexibility index (Phi) is 2.20. The lowest BCUT2D eigenvalue weighted by Gasteiger charge is -2.10. The summed E-state index contributed by atoms with van der Waals surface area (Å²) in [6.45, 7) is 3.36. The van der Waals surface area contributed by atoms with Crippen molar-refractivity contribution in [3.05, 3.63) is 0 Å². The van der Waals surface area contributed by atoms with Gasteiger partial charge in [-0.3, -0.25) is 0 Å². The summed E-state index contributed by atoms with van der Waals surface area (Å²) in [5, 5.41) is 3.99. The third kappa shape index (κ3) is 1.17. The Bertz CT molecular complexity index is 74.9. The van der Waals surface area contributed by atoms with Crippen LogP contribution < -0.4 is 5.32 Å². The van der Waals surface area contributed by atoms with E-state index in [1.807, 2.05) is 0 Å². The number of rotatable bonds is 1. The first kappa shape index (κ1) is 6.43. The van der Waals surface area contributed by atoms with Gasteiger partial charge in [-0.05, 0) is 19.4 Å². The molecule has 48 valence electrons. The van der Waals surface area contributed by atoms with Gasteiger partial charge in [0.25, 0.3) is 0 Å². The topological polar surface area (TPSA) is 12.0 Å². The first-order valence-corrected chi connectivity index (χ1v) is 3.77. The molecule has 0 bridgehead atoms. The highest BCUT2D eigenvalue weighted by Gasteiger charge is 2.20. The number of hydrogen-bond acceptors (Lipinski definition) is 2. The summed E-state index contributed by atoms with van der Waals surface area (Å²) in [6.07, 6.45) is 2.45. The highest BCUT2D eigenvalue weighted by atomic mass is 32.1. The number of hydrogen-bond donors (Lipinski definition) is 2. The van der Waals surface area contributed by atoms with E-state index in [4.69, 9.17) is 0 Å². The second-order valence-electron chi connectivity index (χ2n) is 2.32. The largest absolute Gasteiger partial charge is 0.313 e. The fourth-order valence-electron chi connectivity index (χ4n) is 1.17. The average molecular weight is 131 g/mol. The second kappa shape index (κ2) is 2.74. The maximum absolute atomic E-state index is 4.40. The van der Waals surface area contributed by atoms with Crippen LogP contribution in [0.3, 0.4) is 0 Å². The van der Waals surface area contributed by atoms with Crippen molar-refractivity contribution in [2.75, 3.05) is 6.54 Å². The minimum absolute atomic E-state index is 0.611. The van der Waals surface area contributed by atoms with Crippen LogP contribution in [-0.4, -0.2) is 17.8 Å². The van der Waals surface area contributed by atoms with Gasteiger partial charge in [0.2, 0.25) is 0 Å². The van der Waals surface area contributed by atoms with Crippen LogP contribution in [0.1, 0.15) is 19.8 Å². The number of nitrogens with one attached hydrogen (secondary N) is 1. The second-order valence-corrected chi connectivity index (χ2v) is 2.99. The van der Waals surface area contributed by atoms with E-state index in [1.165, 1.54) is 12.8 Å². The van der Waals surface area contributed by atoms with E-state index in [9.17, 15) is 0 Å². The highest BCUT2D eigenvalue weighted by Crippen LogP contribution is 2.14. The molecule has 0 aromatic heterocycles. The van der Waals surface area contributed by atoms with E-state index in [1.54, 1.807) is 0 Å². The van der Waals surface area contributed by atoms with Gasteiger partial charge in [0.15, 0.2) is 0 Å². The van der Waals surface area contributed by atoms with E-state index in [0.717, 1.165) is 6.54 Å². The predicted octanol–water partition coefficient (Wildman–Crippen LogP) is 1.06. The van der Waals surface area contributed by atoms with Crippen LogP contribution in [0.4, 0.5) is 0 Å². The van der Waals surface area contributed by atoms with E-state index < -0.39 is 0 Å². The molecule has 1 saturated heterocycles. The summed E-state index contributed by atoms with van der Waals surface area (Å²) in [6, 6.07) is 0.679. The zero-order valence-electron chi connectivity index (χ0n) is 5.22. The van der Waals surface area contributed by atoms with Crippen molar-refractivity contribution in [3.63, 3.8) is 0 Å². The van der Waals surface area contributed by atoms with Gasteiger partial charge in [0.05, 0.1) is 0 Å². The van der Waals surface area contributed by atoms with Crippen molar-refractivity contribution in [1.82, 2.24) is 5.32 Å². The van der Waals surface area contributed by atoms with Crippen molar-refractivity contribution >= 4 is 12.6 Å². The Labute approximate surface area is 56.3 Å². The molecule has 0 aliphatic carbocycles. The smallest absolute Gasteiger partial charge is 0.0182 e. The summed E-state index contributed by atoms with van der Waals surface area (Å²) in [5.41, 5.74) is 0. The molecule has 0 aromatic carbocycles. The molecule has 2 atom stereocenters. The molecule has 2 unspecified atom stereocenters.